The summed E-state index contributed by atoms with van der Waals surface area (Å²) in [7, 11) is 1.63. The Labute approximate surface area is 160 Å². The molecule has 6 nitrogen and oxygen atoms in total. The molecule has 2 N–H and O–H groups in total. The predicted octanol–water partition coefficient (Wildman–Crippen LogP) is 4.08. The smallest absolute Gasteiger partial charge is 0.254 e. The van der Waals surface area contributed by atoms with Crippen molar-refractivity contribution >= 4 is 11.7 Å². The van der Waals surface area contributed by atoms with Crippen LogP contribution in [-0.4, -0.2) is 29.3 Å². The first kappa shape index (κ1) is 19.4. The number of rotatable bonds is 8. The van der Waals surface area contributed by atoms with Crippen molar-refractivity contribution in [3.05, 3.63) is 41.6 Å². The Hall–Kier alpha value is -2.34. The number of methoxy groups -OCH3 is 1. The van der Waals surface area contributed by atoms with Gasteiger partial charge >= 0.3 is 0 Å². The molecule has 1 aliphatic carbocycles. The third-order valence-electron chi connectivity index (χ3n) is 5.12. The molecule has 1 saturated carbocycles. The summed E-state index contributed by atoms with van der Waals surface area (Å²) in [6.07, 6.45) is 7.01. The lowest BCUT2D eigenvalue weighted by molar-refractivity contribution is -0.127. The van der Waals surface area contributed by atoms with Gasteiger partial charge < -0.3 is 14.8 Å². The second-order valence-electron chi connectivity index (χ2n) is 7.28. The number of aromatic amines is 1. The third-order valence-corrected chi connectivity index (χ3v) is 5.12. The van der Waals surface area contributed by atoms with Crippen LogP contribution in [0.25, 0.3) is 0 Å². The molecule has 0 aliphatic heterocycles. The Balaban J connectivity index is 1.46. The molecule has 2 aromatic rings. The normalized spacial score (nSPS) is 16.1. The van der Waals surface area contributed by atoms with Crippen LogP contribution in [0.3, 0.4) is 0 Å². The summed E-state index contributed by atoms with van der Waals surface area (Å²) in [6, 6.07) is 9.55. The maximum atomic E-state index is 12.3. The van der Waals surface area contributed by atoms with E-state index in [-0.39, 0.29) is 5.91 Å². The van der Waals surface area contributed by atoms with Gasteiger partial charge in [-0.25, -0.2) is 0 Å². The molecule has 1 fully saturated rings. The van der Waals surface area contributed by atoms with Gasteiger partial charge in [0.25, 0.3) is 5.91 Å². The lowest BCUT2D eigenvalue weighted by Gasteiger charge is -2.20. The van der Waals surface area contributed by atoms with Crippen molar-refractivity contribution in [3.63, 3.8) is 0 Å². The molecule has 146 valence electrons. The maximum absolute atomic E-state index is 12.3. The van der Waals surface area contributed by atoms with Crippen LogP contribution in [0.5, 0.6) is 5.75 Å². The summed E-state index contributed by atoms with van der Waals surface area (Å²) in [4.78, 5) is 12.3. The summed E-state index contributed by atoms with van der Waals surface area (Å²) < 4.78 is 10.9. The fraction of sp³-hybridized carbons (Fsp3) is 0.524. The van der Waals surface area contributed by atoms with Crippen LogP contribution in [0, 0.1) is 5.92 Å². The lowest BCUT2D eigenvalue weighted by Crippen LogP contribution is -2.27. The van der Waals surface area contributed by atoms with E-state index in [1.807, 2.05) is 30.3 Å². The average molecular weight is 371 g/mol. The van der Waals surface area contributed by atoms with E-state index in [2.05, 4.69) is 15.5 Å². The number of nitrogens with one attached hydrogen (secondary N) is 2. The summed E-state index contributed by atoms with van der Waals surface area (Å²) in [5.74, 6) is 1.86. The second kappa shape index (κ2) is 9.55. The molecule has 1 aliphatic rings. The highest BCUT2D eigenvalue weighted by atomic mass is 16.5. The molecule has 0 spiro atoms. The van der Waals surface area contributed by atoms with Crippen molar-refractivity contribution in [2.75, 3.05) is 12.4 Å². The Morgan fingerprint density at radius 2 is 2.11 bits per heavy atom. The van der Waals surface area contributed by atoms with Crippen molar-refractivity contribution in [3.8, 4) is 5.75 Å². The highest BCUT2D eigenvalue weighted by Crippen LogP contribution is 2.26. The maximum Gasteiger partial charge on any atom is 0.254 e. The highest BCUT2D eigenvalue weighted by molar-refractivity contribution is 5.93. The topological polar surface area (TPSA) is 76.2 Å². The molecule has 0 radical (unpaired) electrons. The summed E-state index contributed by atoms with van der Waals surface area (Å²) in [5, 5.41) is 10.1. The van der Waals surface area contributed by atoms with E-state index < -0.39 is 6.10 Å². The van der Waals surface area contributed by atoms with Gasteiger partial charge in [-0.1, -0.05) is 44.2 Å². The van der Waals surface area contributed by atoms with Gasteiger partial charge in [-0.2, -0.15) is 5.10 Å². The standard InChI is InChI=1S/C21H29N3O3/c1-15(27-14-17-9-6-10-19(12-17)26-2)21(25)22-20-13-18(23-24-20)11-16-7-4-3-5-8-16/h6,9-10,12-13,15-16H,3-5,7-8,11,14H2,1-2H3,(H2,22,23,24,25). The van der Waals surface area contributed by atoms with Crippen LogP contribution in [0.2, 0.25) is 0 Å². The molecule has 1 heterocycles. The zero-order valence-electron chi connectivity index (χ0n) is 16.2. The SMILES string of the molecule is COc1cccc(COC(C)C(=O)Nc2cc(CC3CCCCC3)[nH]n2)c1. The number of ether oxygens (including phenoxy) is 2. The number of anilines is 1. The Kier molecular flexibility index (Phi) is 6.87. The fourth-order valence-electron chi connectivity index (χ4n) is 3.52. The van der Waals surface area contributed by atoms with Gasteiger partial charge in [0.05, 0.1) is 13.7 Å². The average Bonchev–Trinajstić information content (AvgIpc) is 3.13. The van der Waals surface area contributed by atoms with Crippen LogP contribution in [0.1, 0.15) is 50.3 Å². The van der Waals surface area contributed by atoms with Gasteiger partial charge in [-0.3, -0.25) is 9.89 Å². The first-order valence-electron chi connectivity index (χ1n) is 9.73. The van der Waals surface area contributed by atoms with Crippen LogP contribution in [-0.2, 0) is 22.6 Å². The number of benzene rings is 1. The highest BCUT2D eigenvalue weighted by Gasteiger charge is 2.17. The van der Waals surface area contributed by atoms with E-state index in [0.717, 1.165) is 29.3 Å². The first-order chi connectivity index (χ1) is 13.1. The van der Waals surface area contributed by atoms with Crippen LogP contribution in [0.15, 0.2) is 30.3 Å². The van der Waals surface area contributed by atoms with Gasteiger partial charge in [0.2, 0.25) is 0 Å². The number of H-pyrrole nitrogens is 1. The van der Waals surface area contributed by atoms with Crippen molar-refractivity contribution in [2.24, 2.45) is 5.92 Å². The van der Waals surface area contributed by atoms with Crippen molar-refractivity contribution in [2.45, 2.75) is 58.2 Å². The zero-order chi connectivity index (χ0) is 19.1. The molecule has 1 amide bonds. The Morgan fingerprint density at radius 1 is 1.30 bits per heavy atom. The number of carbonyl (C=O) groups is 1. The van der Waals surface area contributed by atoms with Crippen molar-refractivity contribution in [1.82, 2.24) is 10.2 Å². The van der Waals surface area contributed by atoms with E-state index in [9.17, 15) is 4.79 Å². The quantitative estimate of drug-likeness (QED) is 0.733. The minimum atomic E-state index is -0.574. The van der Waals surface area contributed by atoms with E-state index in [4.69, 9.17) is 9.47 Å². The third kappa shape index (κ3) is 5.82. The minimum Gasteiger partial charge on any atom is -0.497 e. The number of nitrogens with zero attached hydrogens (tertiary/aromatic N) is 1. The van der Waals surface area contributed by atoms with E-state index >= 15 is 0 Å². The first-order valence-corrected chi connectivity index (χ1v) is 9.73. The summed E-state index contributed by atoms with van der Waals surface area (Å²) in [5.41, 5.74) is 2.05. The Morgan fingerprint density at radius 3 is 2.89 bits per heavy atom. The van der Waals surface area contributed by atoms with Crippen LogP contribution >= 0.6 is 0 Å². The largest absolute Gasteiger partial charge is 0.497 e. The van der Waals surface area contributed by atoms with Crippen molar-refractivity contribution < 1.29 is 14.3 Å². The lowest BCUT2D eigenvalue weighted by atomic mass is 9.86. The number of carbonyl (C=O) groups excluding carboxylic acids is 1. The number of hydrogen-bond acceptors (Lipinski definition) is 4. The van der Waals surface area contributed by atoms with E-state index in [0.29, 0.717) is 12.4 Å². The second-order valence-corrected chi connectivity index (χ2v) is 7.28. The monoisotopic (exact) mass is 371 g/mol. The molecule has 6 heteroatoms. The number of aromatic nitrogens is 2. The molecule has 1 aromatic carbocycles. The van der Waals surface area contributed by atoms with Gasteiger partial charge in [-0.05, 0) is 37.0 Å². The van der Waals surface area contributed by atoms with Gasteiger partial charge in [-0.15, -0.1) is 0 Å². The van der Waals surface area contributed by atoms with Gasteiger partial charge in [0.1, 0.15) is 11.9 Å². The van der Waals surface area contributed by atoms with Crippen molar-refractivity contribution in [1.29, 1.82) is 0 Å². The molecule has 1 aromatic heterocycles. The molecule has 0 bridgehead atoms. The molecule has 27 heavy (non-hydrogen) atoms. The molecule has 1 atom stereocenters. The van der Waals surface area contributed by atoms with Gasteiger partial charge in [0.15, 0.2) is 5.82 Å². The summed E-state index contributed by atoms with van der Waals surface area (Å²) >= 11 is 0. The molecular formula is C21H29N3O3. The van der Waals surface area contributed by atoms with Gasteiger partial charge in [0, 0.05) is 11.8 Å². The predicted molar refractivity (Wildman–Crippen MR) is 105 cm³/mol. The van der Waals surface area contributed by atoms with Crippen LogP contribution < -0.4 is 10.1 Å². The Bertz CT molecular complexity index is 738. The molecule has 3 rings (SSSR count). The number of hydrogen-bond donors (Lipinski definition) is 2. The number of amides is 1. The molecule has 1 unspecified atom stereocenters. The molecular weight excluding hydrogens is 342 g/mol. The van der Waals surface area contributed by atoms with E-state index in [1.165, 1.54) is 32.1 Å². The minimum absolute atomic E-state index is 0.200. The van der Waals surface area contributed by atoms with E-state index in [1.54, 1.807) is 14.0 Å². The zero-order valence-corrected chi connectivity index (χ0v) is 16.2. The fourth-order valence-corrected chi connectivity index (χ4v) is 3.52. The summed E-state index contributed by atoms with van der Waals surface area (Å²) in [6.45, 7) is 2.09. The molecule has 0 saturated heterocycles. The van der Waals surface area contributed by atoms with Crippen LogP contribution in [0.4, 0.5) is 5.82 Å².